The first-order chi connectivity index (χ1) is 10.5. The monoisotopic (exact) mass is 304 g/mol. The highest BCUT2D eigenvalue weighted by Gasteiger charge is 2.16. The lowest BCUT2D eigenvalue weighted by Crippen LogP contribution is -2.36. The Morgan fingerprint density at radius 2 is 1.45 bits per heavy atom. The van der Waals surface area contributed by atoms with Gasteiger partial charge in [-0.2, -0.15) is 0 Å². The molecule has 0 heterocycles. The van der Waals surface area contributed by atoms with Crippen molar-refractivity contribution < 1.29 is 18.4 Å². The maximum absolute atomic E-state index is 12.9. The summed E-state index contributed by atoms with van der Waals surface area (Å²) in [6.45, 7) is 1.09. The summed E-state index contributed by atoms with van der Waals surface area (Å²) in [6, 6.07) is 10.5. The summed E-state index contributed by atoms with van der Waals surface area (Å²) >= 11 is 0. The van der Waals surface area contributed by atoms with Gasteiger partial charge in [0.15, 0.2) is 0 Å². The Hall–Kier alpha value is -2.76. The molecule has 114 valence electrons. The summed E-state index contributed by atoms with van der Waals surface area (Å²) in [7, 11) is 0. The number of rotatable bonds is 4. The van der Waals surface area contributed by atoms with E-state index in [0.29, 0.717) is 11.4 Å². The maximum Gasteiger partial charge on any atom is 0.244 e. The highest BCUT2D eigenvalue weighted by molar-refractivity contribution is 6.01. The van der Waals surface area contributed by atoms with Crippen molar-refractivity contribution in [2.45, 2.75) is 6.92 Å². The number of nitrogens with zero attached hydrogens (tertiary/aromatic N) is 1. The van der Waals surface area contributed by atoms with Crippen LogP contribution < -0.4 is 10.2 Å². The number of halogens is 2. The molecule has 0 fully saturated rings. The summed E-state index contributed by atoms with van der Waals surface area (Å²) in [6.07, 6.45) is 0. The molecule has 0 aromatic heterocycles. The standard InChI is InChI=1S/C16H14F2N2O2/c1-11(21)20(15-8-4-13(18)5-9-15)10-16(22)19-14-6-2-12(17)3-7-14/h2-9H,10H2,1H3,(H,19,22). The molecule has 4 nitrogen and oxygen atoms in total. The normalized spacial score (nSPS) is 10.1. The van der Waals surface area contributed by atoms with Gasteiger partial charge in [-0.25, -0.2) is 8.78 Å². The summed E-state index contributed by atoms with van der Waals surface area (Å²) in [4.78, 5) is 24.9. The summed E-state index contributed by atoms with van der Waals surface area (Å²) in [5.74, 6) is -1.62. The smallest absolute Gasteiger partial charge is 0.244 e. The molecule has 0 saturated carbocycles. The minimum absolute atomic E-state index is 0.224. The van der Waals surface area contributed by atoms with Crippen LogP contribution in [0.5, 0.6) is 0 Å². The van der Waals surface area contributed by atoms with Gasteiger partial charge in [0.1, 0.15) is 18.2 Å². The van der Waals surface area contributed by atoms with E-state index in [0.717, 1.165) is 0 Å². The van der Waals surface area contributed by atoms with Crippen molar-refractivity contribution in [1.29, 1.82) is 0 Å². The highest BCUT2D eigenvalue weighted by atomic mass is 19.1. The van der Waals surface area contributed by atoms with Crippen molar-refractivity contribution in [2.24, 2.45) is 0 Å². The molecule has 6 heteroatoms. The van der Waals surface area contributed by atoms with E-state index in [2.05, 4.69) is 5.32 Å². The van der Waals surface area contributed by atoms with Gasteiger partial charge in [-0.1, -0.05) is 0 Å². The first-order valence-electron chi connectivity index (χ1n) is 6.55. The molecule has 0 spiro atoms. The van der Waals surface area contributed by atoms with Crippen LogP contribution in [0.3, 0.4) is 0 Å². The molecule has 0 saturated heterocycles. The van der Waals surface area contributed by atoms with Crippen molar-refractivity contribution in [2.75, 3.05) is 16.8 Å². The summed E-state index contributed by atoms with van der Waals surface area (Å²) < 4.78 is 25.7. The average molecular weight is 304 g/mol. The molecule has 0 unspecified atom stereocenters. The third-order valence-electron chi connectivity index (χ3n) is 2.95. The van der Waals surface area contributed by atoms with Crippen LogP contribution in [0, 0.1) is 11.6 Å². The van der Waals surface area contributed by atoms with Crippen LogP contribution in [0.1, 0.15) is 6.92 Å². The fourth-order valence-corrected chi connectivity index (χ4v) is 1.88. The SMILES string of the molecule is CC(=O)N(CC(=O)Nc1ccc(F)cc1)c1ccc(F)cc1. The third-order valence-corrected chi connectivity index (χ3v) is 2.95. The van der Waals surface area contributed by atoms with Gasteiger partial charge < -0.3 is 10.2 Å². The molecule has 0 atom stereocenters. The number of carbonyl (C=O) groups excluding carboxylic acids is 2. The highest BCUT2D eigenvalue weighted by Crippen LogP contribution is 2.15. The maximum atomic E-state index is 12.9. The lowest BCUT2D eigenvalue weighted by Gasteiger charge is -2.20. The van der Waals surface area contributed by atoms with Crippen molar-refractivity contribution in [1.82, 2.24) is 0 Å². The molecule has 1 N–H and O–H groups in total. The number of amides is 2. The van der Waals surface area contributed by atoms with E-state index in [4.69, 9.17) is 0 Å². The van der Waals surface area contributed by atoms with Crippen molar-refractivity contribution in [3.05, 3.63) is 60.2 Å². The van der Waals surface area contributed by atoms with E-state index in [1.807, 2.05) is 0 Å². The topological polar surface area (TPSA) is 49.4 Å². The number of hydrogen-bond donors (Lipinski definition) is 1. The Balaban J connectivity index is 2.07. The number of benzene rings is 2. The van der Waals surface area contributed by atoms with Gasteiger partial charge in [0.2, 0.25) is 11.8 Å². The molecule has 0 aliphatic carbocycles. The lowest BCUT2D eigenvalue weighted by atomic mass is 10.2. The average Bonchev–Trinajstić information content (AvgIpc) is 2.48. The summed E-state index contributed by atoms with van der Waals surface area (Å²) in [5, 5.41) is 2.56. The minimum Gasteiger partial charge on any atom is -0.325 e. The molecule has 0 aliphatic heterocycles. The number of anilines is 2. The second-order valence-corrected chi connectivity index (χ2v) is 4.64. The van der Waals surface area contributed by atoms with E-state index in [9.17, 15) is 18.4 Å². The number of carbonyl (C=O) groups is 2. The van der Waals surface area contributed by atoms with Gasteiger partial charge in [-0.05, 0) is 48.5 Å². The Bertz CT molecular complexity index is 670. The fourth-order valence-electron chi connectivity index (χ4n) is 1.88. The quantitative estimate of drug-likeness (QED) is 0.944. The van der Waals surface area contributed by atoms with Gasteiger partial charge >= 0.3 is 0 Å². The minimum atomic E-state index is -0.439. The Morgan fingerprint density at radius 1 is 0.955 bits per heavy atom. The molecule has 2 aromatic rings. The second-order valence-electron chi connectivity index (χ2n) is 4.64. The van der Waals surface area contributed by atoms with Crippen LogP contribution >= 0.6 is 0 Å². The Labute approximate surface area is 126 Å². The van der Waals surface area contributed by atoms with Crippen LogP contribution in [0.25, 0.3) is 0 Å². The van der Waals surface area contributed by atoms with Gasteiger partial charge in [0.05, 0.1) is 0 Å². The zero-order chi connectivity index (χ0) is 16.1. The van der Waals surface area contributed by atoms with Crippen LogP contribution in [0.15, 0.2) is 48.5 Å². The van der Waals surface area contributed by atoms with E-state index in [1.54, 1.807) is 0 Å². The first-order valence-corrected chi connectivity index (χ1v) is 6.55. The zero-order valence-electron chi connectivity index (χ0n) is 11.8. The number of hydrogen-bond acceptors (Lipinski definition) is 2. The molecule has 2 rings (SSSR count). The van der Waals surface area contributed by atoms with E-state index in [1.165, 1.54) is 60.4 Å². The molecular formula is C16H14F2N2O2. The van der Waals surface area contributed by atoms with E-state index in [-0.39, 0.29) is 12.5 Å². The van der Waals surface area contributed by atoms with Crippen LogP contribution in [0.4, 0.5) is 20.2 Å². The van der Waals surface area contributed by atoms with Crippen LogP contribution in [-0.2, 0) is 9.59 Å². The lowest BCUT2D eigenvalue weighted by molar-refractivity contribution is -0.120. The molecule has 22 heavy (non-hydrogen) atoms. The van der Waals surface area contributed by atoms with Crippen molar-refractivity contribution in [3.63, 3.8) is 0 Å². The fraction of sp³-hybridized carbons (Fsp3) is 0.125. The Kier molecular flexibility index (Phi) is 4.83. The largest absolute Gasteiger partial charge is 0.325 e. The van der Waals surface area contributed by atoms with Gasteiger partial charge in [-0.3, -0.25) is 9.59 Å². The molecule has 0 radical (unpaired) electrons. The predicted octanol–water partition coefficient (Wildman–Crippen LogP) is 2.96. The predicted molar refractivity (Wildman–Crippen MR) is 79.5 cm³/mol. The van der Waals surface area contributed by atoms with E-state index >= 15 is 0 Å². The summed E-state index contributed by atoms with van der Waals surface area (Å²) in [5.41, 5.74) is 0.845. The zero-order valence-corrected chi connectivity index (χ0v) is 11.8. The molecule has 2 aromatic carbocycles. The molecule has 0 aliphatic rings. The number of nitrogens with one attached hydrogen (secondary N) is 1. The van der Waals surface area contributed by atoms with Gasteiger partial charge in [-0.15, -0.1) is 0 Å². The second kappa shape index (κ2) is 6.80. The van der Waals surface area contributed by atoms with Crippen molar-refractivity contribution >= 4 is 23.2 Å². The van der Waals surface area contributed by atoms with E-state index < -0.39 is 17.5 Å². The Morgan fingerprint density at radius 3 is 1.95 bits per heavy atom. The van der Waals surface area contributed by atoms with Gasteiger partial charge in [0, 0.05) is 18.3 Å². The molecule has 0 bridgehead atoms. The molecule has 2 amide bonds. The first kappa shape index (κ1) is 15.6. The van der Waals surface area contributed by atoms with Crippen LogP contribution in [-0.4, -0.2) is 18.4 Å². The van der Waals surface area contributed by atoms with Gasteiger partial charge in [0.25, 0.3) is 0 Å². The van der Waals surface area contributed by atoms with Crippen molar-refractivity contribution in [3.8, 4) is 0 Å². The third kappa shape index (κ3) is 4.12. The van der Waals surface area contributed by atoms with Crippen LogP contribution in [0.2, 0.25) is 0 Å². The molecular weight excluding hydrogens is 290 g/mol.